The maximum atomic E-state index is 11.4. The van der Waals surface area contributed by atoms with E-state index in [0.717, 1.165) is 16.9 Å². The van der Waals surface area contributed by atoms with E-state index in [-0.39, 0.29) is 11.9 Å². The summed E-state index contributed by atoms with van der Waals surface area (Å²) >= 11 is 0. The molecule has 0 saturated carbocycles. The largest absolute Gasteiger partial charge is 0.480 e. The molecule has 1 heterocycles. The van der Waals surface area contributed by atoms with Gasteiger partial charge in [-0.25, -0.2) is 0 Å². The number of para-hydroxylation sites is 1. The number of benzene rings is 1. The molecule has 0 bridgehead atoms. The number of rotatable bonds is 1. The molecule has 0 spiro atoms. The summed E-state index contributed by atoms with van der Waals surface area (Å²) in [6, 6.07) is 5.72. The van der Waals surface area contributed by atoms with Crippen molar-refractivity contribution >= 4 is 11.4 Å². The molecule has 1 aromatic carbocycles. The van der Waals surface area contributed by atoms with Gasteiger partial charge in [0.15, 0.2) is 5.78 Å². The van der Waals surface area contributed by atoms with Gasteiger partial charge in [-0.3, -0.25) is 4.79 Å². The number of hydrogen-bond acceptors (Lipinski definition) is 2. The first kappa shape index (κ1) is 8.48. The van der Waals surface area contributed by atoms with Crippen molar-refractivity contribution in [3.8, 4) is 5.75 Å². The topological polar surface area (TPSA) is 26.3 Å². The van der Waals surface area contributed by atoms with Crippen LogP contribution in [0.15, 0.2) is 36.4 Å². The van der Waals surface area contributed by atoms with Crippen LogP contribution in [0.4, 0.5) is 0 Å². The zero-order valence-electron chi connectivity index (χ0n) is 8.36. The molecule has 1 atom stereocenters. The molecule has 2 nitrogen and oxygen atoms in total. The van der Waals surface area contributed by atoms with Crippen LogP contribution in [0.5, 0.6) is 5.75 Å². The quantitative estimate of drug-likeness (QED) is 0.648. The Labute approximate surface area is 87.9 Å². The molecular weight excluding hydrogens is 188 g/mol. The molecule has 0 N–H and O–H groups in total. The molecule has 1 unspecified atom stereocenters. The highest BCUT2D eigenvalue weighted by Crippen LogP contribution is 2.42. The van der Waals surface area contributed by atoms with Gasteiger partial charge in [-0.1, -0.05) is 24.3 Å². The molecular formula is C13H10O2. The minimum Gasteiger partial charge on any atom is -0.480 e. The molecule has 0 amide bonds. The summed E-state index contributed by atoms with van der Waals surface area (Å²) < 4.78 is 5.75. The number of allylic oxidation sites excluding steroid dienone is 2. The van der Waals surface area contributed by atoms with Crippen LogP contribution in [0.25, 0.3) is 5.57 Å². The fourth-order valence-corrected chi connectivity index (χ4v) is 2.10. The standard InChI is InChI=1S/C13H10O2/c1-8(14)9-4-2-6-11-10-5-3-7-12(10)15-13(9)11/h2-7,12H,1H3. The van der Waals surface area contributed by atoms with Crippen LogP contribution in [0, 0.1) is 0 Å². The van der Waals surface area contributed by atoms with Crippen molar-refractivity contribution in [1.29, 1.82) is 0 Å². The van der Waals surface area contributed by atoms with Crippen LogP contribution in [0.1, 0.15) is 22.8 Å². The predicted octanol–water partition coefficient (Wildman–Crippen LogP) is 2.60. The number of carbonyl (C=O) groups is 1. The Hall–Kier alpha value is -1.83. The van der Waals surface area contributed by atoms with E-state index >= 15 is 0 Å². The van der Waals surface area contributed by atoms with Crippen LogP contribution in [-0.4, -0.2) is 11.9 Å². The average Bonchev–Trinajstić information content (AvgIpc) is 2.75. The zero-order valence-corrected chi connectivity index (χ0v) is 8.36. The fourth-order valence-electron chi connectivity index (χ4n) is 2.10. The lowest BCUT2D eigenvalue weighted by Gasteiger charge is -2.05. The molecule has 74 valence electrons. The predicted molar refractivity (Wildman–Crippen MR) is 58.0 cm³/mol. The van der Waals surface area contributed by atoms with Crippen molar-refractivity contribution in [3.05, 3.63) is 47.6 Å². The number of hydrogen-bond donors (Lipinski definition) is 0. The maximum absolute atomic E-state index is 11.4. The summed E-state index contributed by atoms with van der Waals surface area (Å²) in [6.07, 6.45) is 6.05. The van der Waals surface area contributed by atoms with Gasteiger partial charge in [0.1, 0.15) is 11.9 Å². The monoisotopic (exact) mass is 198 g/mol. The second kappa shape index (κ2) is 2.83. The molecule has 0 radical (unpaired) electrons. The molecule has 2 aliphatic rings. The maximum Gasteiger partial charge on any atom is 0.163 e. The lowest BCUT2D eigenvalue weighted by atomic mass is 10.0. The van der Waals surface area contributed by atoms with Crippen molar-refractivity contribution in [2.75, 3.05) is 0 Å². The Morgan fingerprint density at radius 1 is 1.40 bits per heavy atom. The molecule has 0 fully saturated rings. The van der Waals surface area contributed by atoms with Crippen LogP contribution >= 0.6 is 0 Å². The number of Topliss-reactive ketones (excluding diaryl/α,β-unsaturated/α-hetero) is 1. The summed E-state index contributed by atoms with van der Waals surface area (Å²) in [6.45, 7) is 1.57. The van der Waals surface area contributed by atoms with E-state index in [1.54, 1.807) is 6.92 Å². The van der Waals surface area contributed by atoms with Gasteiger partial charge < -0.3 is 4.74 Å². The Bertz CT molecular complexity index is 509. The van der Waals surface area contributed by atoms with Crippen molar-refractivity contribution < 1.29 is 9.53 Å². The van der Waals surface area contributed by atoms with Crippen LogP contribution in [-0.2, 0) is 0 Å². The number of carbonyl (C=O) groups excluding carboxylic acids is 1. The van der Waals surface area contributed by atoms with Gasteiger partial charge >= 0.3 is 0 Å². The first-order valence-corrected chi connectivity index (χ1v) is 4.97. The summed E-state index contributed by atoms with van der Waals surface area (Å²) in [5, 5.41) is 0. The van der Waals surface area contributed by atoms with Crippen molar-refractivity contribution in [2.45, 2.75) is 13.0 Å². The molecule has 15 heavy (non-hydrogen) atoms. The highest BCUT2D eigenvalue weighted by atomic mass is 16.5. The van der Waals surface area contributed by atoms with Gasteiger partial charge in [-0.2, -0.15) is 0 Å². The lowest BCUT2D eigenvalue weighted by Crippen LogP contribution is -2.06. The minimum atomic E-state index is 0.0144. The normalized spacial score (nSPS) is 20.6. The van der Waals surface area contributed by atoms with E-state index in [9.17, 15) is 4.79 Å². The number of ether oxygens (including phenoxy) is 1. The van der Waals surface area contributed by atoms with E-state index in [0.29, 0.717) is 5.56 Å². The fraction of sp³-hybridized carbons (Fsp3) is 0.154. The Morgan fingerprint density at radius 2 is 2.27 bits per heavy atom. The molecule has 2 heteroatoms. The zero-order chi connectivity index (χ0) is 10.4. The summed E-state index contributed by atoms with van der Waals surface area (Å²) in [7, 11) is 0. The highest BCUT2D eigenvalue weighted by Gasteiger charge is 2.30. The second-order valence-electron chi connectivity index (χ2n) is 3.78. The van der Waals surface area contributed by atoms with Gasteiger partial charge in [-0.05, 0) is 19.1 Å². The van der Waals surface area contributed by atoms with E-state index in [4.69, 9.17) is 4.74 Å². The average molecular weight is 198 g/mol. The number of fused-ring (bicyclic) bond motifs is 3. The molecule has 0 aromatic heterocycles. The molecule has 1 aliphatic carbocycles. The van der Waals surface area contributed by atoms with Crippen LogP contribution in [0.3, 0.4) is 0 Å². The first-order valence-electron chi connectivity index (χ1n) is 4.97. The molecule has 3 rings (SSSR count). The summed E-state index contributed by atoms with van der Waals surface area (Å²) in [4.78, 5) is 11.4. The smallest absolute Gasteiger partial charge is 0.163 e. The van der Waals surface area contributed by atoms with Crippen molar-refractivity contribution in [1.82, 2.24) is 0 Å². The Balaban J connectivity index is 2.21. The van der Waals surface area contributed by atoms with Gasteiger partial charge in [0.05, 0.1) is 5.56 Å². The van der Waals surface area contributed by atoms with E-state index in [1.165, 1.54) is 0 Å². The van der Waals surface area contributed by atoms with E-state index in [1.807, 2.05) is 36.4 Å². The van der Waals surface area contributed by atoms with Crippen LogP contribution < -0.4 is 4.74 Å². The third-order valence-corrected chi connectivity index (χ3v) is 2.82. The summed E-state index contributed by atoms with van der Waals surface area (Å²) in [5.41, 5.74) is 2.89. The van der Waals surface area contributed by atoms with Crippen LogP contribution in [0.2, 0.25) is 0 Å². The molecule has 1 aliphatic heterocycles. The van der Waals surface area contributed by atoms with Crippen molar-refractivity contribution in [3.63, 3.8) is 0 Å². The SMILES string of the molecule is CC(=O)c1cccc2c1OC1C=CC=C21. The van der Waals surface area contributed by atoms with Crippen molar-refractivity contribution in [2.24, 2.45) is 0 Å². The third kappa shape index (κ3) is 1.08. The van der Waals surface area contributed by atoms with Gasteiger partial charge in [-0.15, -0.1) is 0 Å². The first-order chi connectivity index (χ1) is 7.27. The van der Waals surface area contributed by atoms with Gasteiger partial charge in [0.25, 0.3) is 0 Å². The highest BCUT2D eigenvalue weighted by molar-refractivity contribution is 6.00. The molecule has 1 aromatic rings. The van der Waals surface area contributed by atoms with Gasteiger partial charge in [0.2, 0.25) is 0 Å². The second-order valence-corrected chi connectivity index (χ2v) is 3.78. The minimum absolute atomic E-state index is 0.0144. The van der Waals surface area contributed by atoms with Gasteiger partial charge in [0, 0.05) is 11.1 Å². The van der Waals surface area contributed by atoms with E-state index in [2.05, 4.69) is 0 Å². The molecule has 0 saturated heterocycles. The Kier molecular flexibility index (Phi) is 1.60. The number of ketones is 1. The summed E-state index contributed by atoms with van der Waals surface area (Å²) in [5.74, 6) is 0.794. The third-order valence-electron chi connectivity index (χ3n) is 2.82. The van der Waals surface area contributed by atoms with E-state index < -0.39 is 0 Å². The lowest BCUT2D eigenvalue weighted by molar-refractivity contribution is 0.101. The Morgan fingerprint density at radius 3 is 3.07 bits per heavy atom.